The normalized spacial score (nSPS) is 11.6. The first-order valence-corrected chi connectivity index (χ1v) is 10.5. The SMILES string of the molecule is COCCN(Cc1cccn1Cc1cccc(C(F)(F)F)c1)C(=O)c1cc(Cl)cc(Cl)c1. The third-order valence-corrected chi connectivity index (χ3v) is 5.28. The summed E-state index contributed by atoms with van der Waals surface area (Å²) in [4.78, 5) is 14.7. The van der Waals surface area contributed by atoms with Gasteiger partial charge in [0, 0.05) is 47.7 Å². The molecule has 170 valence electrons. The van der Waals surface area contributed by atoms with E-state index in [0.29, 0.717) is 34.3 Å². The Morgan fingerprint density at radius 2 is 1.78 bits per heavy atom. The molecule has 0 atom stereocenters. The van der Waals surface area contributed by atoms with Crippen LogP contribution in [0.3, 0.4) is 0 Å². The summed E-state index contributed by atoms with van der Waals surface area (Å²) in [5.41, 5.74) is 0.918. The van der Waals surface area contributed by atoms with Crippen LogP contribution in [0, 0.1) is 0 Å². The number of hydrogen-bond acceptors (Lipinski definition) is 2. The second kappa shape index (κ2) is 10.4. The molecule has 2 aromatic carbocycles. The maximum absolute atomic E-state index is 13.1. The lowest BCUT2D eigenvalue weighted by molar-refractivity contribution is -0.137. The molecule has 0 aliphatic rings. The fourth-order valence-corrected chi connectivity index (χ4v) is 3.83. The molecule has 1 aromatic heterocycles. The van der Waals surface area contributed by atoms with E-state index in [1.54, 1.807) is 29.3 Å². The second-order valence-electron chi connectivity index (χ2n) is 7.20. The Balaban J connectivity index is 1.83. The predicted molar refractivity (Wildman–Crippen MR) is 118 cm³/mol. The number of hydrogen-bond donors (Lipinski definition) is 0. The summed E-state index contributed by atoms with van der Waals surface area (Å²) in [6, 6.07) is 13.4. The number of rotatable bonds is 8. The van der Waals surface area contributed by atoms with Gasteiger partial charge in [0.1, 0.15) is 0 Å². The number of carbonyl (C=O) groups excluding carboxylic acids is 1. The number of halogens is 5. The quantitative estimate of drug-likeness (QED) is 0.384. The lowest BCUT2D eigenvalue weighted by Crippen LogP contribution is -2.34. The fraction of sp³-hybridized carbons (Fsp3) is 0.261. The molecule has 4 nitrogen and oxygen atoms in total. The largest absolute Gasteiger partial charge is 0.416 e. The van der Waals surface area contributed by atoms with Crippen molar-refractivity contribution in [3.63, 3.8) is 0 Å². The summed E-state index contributed by atoms with van der Waals surface area (Å²) in [5, 5.41) is 0.695. The summed E-state index contributed by atoms with van der Waals surface area (Å²) in [6.45, 7) is 1.10. The molecule has 9 heteroatoms. The molecular weight excluding hydrogens is 464 g/mol. The molecule has 0 aliphatic heterocycles. The standard InChI is InChI=1S/C23H21Cl2F3N2O2/c1-32-9-8-30(22(31)17-11-19(24)13-20(25)12-17)15-21-6-3-7-29(21)14-16-4-2-5-18(10-16)23(26,27)28/h2-7,10-13H,8-9,14-15H2,1H3. The molecule has 0 bridgehead atoms. The molecule has 0 fully saturated rings. The predicted octanol–water partition coefficient (Wildman–Crippen LogP) is 6.15. The van der Waals surface area contributed by atoms with E-state index in [0.717, 1.165) is 17.8 Å². The van der Waals surface area contributed by atoms with E-state index in [-0.39, 0.29) is 19.0 Å². The van der Waals surface area contributed by atoms with Crippen molar-refractivity contribution in [2.24, 2.45) is 0 Å². The zero-order valence-electron chi connectivity index (χ0n) is 17.2. The molecule has 0 unspecified atom stereocenters. The first kappa shape index (κ1) is 24.2. The Hall–Kier alpha value is -2.48. The minimum absolute atomic E-state index is 0.234. The summed E-state index contributed by atoms with van der Waals surface area (Å²) in [6.07, 6.45) is -2.64. The number of alkyl halides is 3. The highest BCUT2D eigenvalue weighted by Gasteiger charge is 2.30. The van der Waals surface area contributed by atoms with E-state index >= 15 is 0 Å². The van der Waals surface area contributed by atoms with E-state index < -0.39 is 11.7 Å². The lowest BCUT2D eigenvalue weighted by Gasteiger charge is -2.24. The Labute approximate surface area is 194 Å². The van der Waals surface area contributed by atoms with Gasteiger partial charge < -0.3 is 14.2 Å². The summed E-state index contributed by atoms with van der Waals surface area (Å²) in [5.74, 6) is -0.279. The highest BCUT2D eigenvalue weighted by Crippen LogP contribution is 2.30. The average molecular weight is 485 g/mol. The van der Waals surface area contributed by atoms with Crippen LogP contribution >= 0.6 is 23.2 Å². The van der Waals surface area contributed by atoms with Gasteiger partial charge in [0.05, 0.1) is 18.7 Å². The van der Waals surface area contributed by atoms with Gasteiger partial charge in [-0.3, -0.25) is 4.79 Å². The maximum Gasteiger partial charge on any atom is 0.416 e. The fourth-order valence-electron chi connectivity index (χ4n) is 3.30. The molecule has 0 spiro atoms. The Bertz CT molecular complexity index is 1060. The molecule has 0 N–H and O–H groups in total. The summed E-state index contributed by atoms with van der Waals surface area (Å²) in [7, 11) is 1.54. The van der Waals surface area contributed by atoms with Crippen LogP contribution in [0.1, 0.15) is 27.2 Å². The molecule has 1 amide bonds. The van der Waals surface area contributed by atoms with Crippen molar-refractivity contribution in [3.05, 3.63) is 93.2 Å². The van der Waals surface area contributed by atoms with Crippen molar-refractivity contribution in [1.29, 1.82) is 0 Å². The van der Waals surface area contributed by atoms with Crippen LogP contribution < -0.4 is 0 Å². The number of methoxy groups -OCH3 is 1. The maximum atomic E-state index is 13.1. The van der Waals surface area contributed by atoms with E-state index in [4.69, 9.17) is 27.9 Å². The van der Waals surface area contributed by atoms with Crippen LogP contribution in [0.2, 0.25) is 10.0 Å². The first-order chi connectivity index (χ1) is 15.2. The molecule has 0 saturated heterocycles. The zero-order valence-corrected chi connectivity index (χ0v) is 18.7. The van der Waals surface area contributed by atoms with Crippen LogP contribution in [-0.2, 0) is 24.0 Å². The van der Waals surface area contributed by atoms with Crippen LogP contribution in [0.25, 0.3) is 0 Å². The van der Waals surface area contributed by atoms with Gasteiger partial charge in [-0.2, -0.15) is 13.2 Å². The number of ether oxygens (including phenoxy) is 1. The highest BCUT2D eigenvalue weighted by molar-refractivity contribution is 6.35. The number of nitrogens with zero attached hydrogens (tertiary/aromatic N) is 2. The van der Waals surface area contributed by atoms with Crippen LogP contribution in [-0.4, -0.2) is 35.6 Å². The Morgan fingerprint density at radius 1 is 1.06 bits per heavy atom. The number of aromatic nitrogens is 1. The van der Waals surface area contributed by atoms with Crippen molar-refractivity contribution in [2.45, 2.75) is 19.3 Å². The highest BCUT2D eigenvalue weighted by atomic mass is 35.5. The smallest absolute Gasteiger partial charge is 0.383 e. The van der Waals surface area contributed by atoms with E-state index in [1.807, 2.05) is 10.6 Å². The van der Waals surface area contributed by atoms with E-state index in [9.17, 15) is 18.0 Å². The minimum Gasteiger partial charge on any atom is -0.383 e. The first-order valence-electron chi connectivity index (χ1n) is 9.72. The van der Waals surface area contributed by atoms with Crippen molar-refractivity contribution in [3.8, 4) is 0 Å². The van der Waals surface area contributed by atoms with E-state index in [1.165, 1.54) is 25.3 Å². The molecule has 0 saturated carbocycles. The second-order valence-corrected chi connectivity index (χ2v) is 8.08. The van der Waals surface area contributed by atoms with Gasteiger partial charge in [-0.1, -0.05) is 35.3 Å². The van der Waals surface area contributed by atoms with Crippen LogP contribution in [0.15, 0.2) is 60.8 Å². The summed E-state index contributed by atoms with van der Waals surface area (Å²) < 4.78 is 46.1. The van der Waals surface area contributed by atoms with Gasteiger partial charge in [0.15, 0.2) is 0 Å². The Kier molecular flexibility index (Phi) is 7.87. The molecule has 3 aromatic rings. The van der Waals surface area contributed by atoms with Crippen molar-refractivity contribution < 1.29 is 22.7 Å². The molecule has 1 heterocycles. The van der Waals surface area contributed by atoms with Gasteiger partial charge in [0.2, 0.25) is 0 Å². The Morgan fingerprint density at radius 3 is 2.44 bits per heavy atom. The van der Waals surface area contributed by atoms with Crippen LogP contribution in [0.4, 0.5) is 13.2 Å². The van der Waals surface area contributed by atoms with Crippen molar-refractivity contribution in [1.82, 2.24) is 9.47 Å². The molecule has 0 radical (unpaired) electrons. The van der Waals surface area contributed by atoms with Gasteiger partial charge >= 0.3 is 6.18 Å². The molecule has 32 heavy (non-hydrogen) atoms. The molecule has 0 aliphatic carbocycles. The van der Waals surface area contributed by atoms with E-state index in [2.05, 4.69) is 0 Å². The zero-order chi connectivity index (χ0) is 23.3. The summed E-state index contributed by atoms with van der Waals surface area (Å²) >= 11 is 12.1. The van der Waals surface area contributed by atoms with Gasteiger partial charge in [-0.25, -0.2) is 0 Å². The van der Waals surface area contributed by atoms with Crippen LogP contribution in [0.5, 0.6) is 0 Å². The number of amides is 1. The molecule has 3 rings (SSSR count). The van der Waals surface area contributed by atoms with Crippen molar-refractivity contribution >= 4 is 29.1 Å². The van der Waals surface area contributed by atoms with Crippen molar-refractivity contribution in [2.75, 3.05) is 20.3 Å². The number of benzene rings is 2. The monoisotopic (exact) mass is 484 g/mol. The van der Waals surface area contributed by atoms with Gasteiger partial charge in [-0.05, 0) is 48.0 Å². The minimum atomic E-state index is -4.41. The third-order valence-electron chi connectivity index (χ3n) is 4.85. The van der Waals surface area contributed by atoms with Gasteiger partial charge in [-0.15, -0.1) is 0 Å². The third kappa shape index (κ3) is 6.28. The average Bonchev–Trinajstić information content (AvgIpc) is 3.16. The lowest BCUT2D eigenvalue weighted by atomic mass is 10.1. The van der Waals surface area contributed by atoms with Gasteiger partial charge in [0.25, 0.3) is 5.91 Å². The topological polar surface area (TPSA) is 34.5 Å². The number of carbonyl (C=O) groups is 1. The molecular formula is C23H21Cl2F3N2O2.